The van der Waals surface area contributed by atoms with Crippen molar-refractivity contribution in [1.82, 2.24) is 8.80 Å². The molecule has 0 saturated heterocycles. The Bertz CT molecular complexity index is 4490. The first-order valence-electron chi connectivity index (χ1n) is 24.9. The molecule has 0 atom stereocenters. The van der Waals surface area contributed by atoms with E-state index in [2.05, 4.69) is 188 Å². The molecule has 4 heterocycles. The van der Waals surface area contributed by atoms with Gasteiger partial charge in [-0.25, -0.2) is 0 Å². The zero-order valence-corrected chi connectivity index (χ0v) is 39.8. The van der Waals surface area contributed by atoms with Gasteiger partial charge in [0.1, 0.15) is 12.1 Å². The molecule has 15 rings (SSSR count). The minimum atomic E-state index is 0.607. The SMILES string of the molecule is N#Cc1ccccc1N(c1ccccc1)c1ccc2c(c1)c1cccc3c4c(-c5ccccc5)c5c(c(-c6ccccc6)c4n2c13)c1cccc2c3cc(N(c4ccccc4)c4ccccc4C#N)ccc3n5c21. The molecule has 0 aliphatic heterocycles. The first-order valence-corrected chi connectivity index (χ1v) is 24.9. The Kier molecular flexibility index (Phi) is 8.99. The van der Waals surface area contributed by atoms with Crippen LogP contribution in [-0.4, -0.2) is 8.80 Å². The molecule has 0 saturated carbocycles. The van der Waals surface area contributed by atoms with Crippen LogP contribution in [0.25, 0.3) is 98.4 Å². The number of rotatable bonds is 8. The molecule has 0 bridgehead atoms. The van der Waals surface area contributed by atoms with E-state index in [-0.39, 0.29) is 0 Å². The van der Waals surface area contributed by atoms with Crippen molar-refractivity contribution in [2.75, 3.05) is 9.80 Å². The summed E-state index contributed by atoms with van der Waals surface area (Å²) >= 11 is 0. The Morgan fingerprint density at radius 3 is 1.07 bits per heavy atom. The third-order valence-corrected chi connectivity index (χ3v) is 15.2. The molecule has 4 aromatic heterocycles. The lowest BCUT2D eigenvalue weighted by Gasteiger charge is -2.26. The van der Waals surface area contributed by atoms with Crippen molar-refractivity contribution in [2.45, 2.75) is 0 Å². The van der Waals surface area contributed by atoms with Crippen LogP contribution in [0.5, 0.6) is 0 Å². The molecule has 0 amide bonds. The van der Waals surface area contributed by atoms with Crippen molar-refractivity contribution >= 4 is 110 Å². The quantitative estimate of drug-likeness (QED) is 0.152. The molecule has 6 nitrogen and oxygen atoms in total. The van der Waals surface area contributed by atoms with Gasteiger partial charge >= 0.3 is 0 Å². The third-order valence-electron chi connectivity index (χ3n) is 15.2. The van der Waals surface area contributed by atoms with Crippen molar-refractivity contribution < 1.29 is 0 Å². The predicted molar refractivity (Wildman–Crippen MR) is 305 cm³/mol. The van der Waals surface area contributed by atoms with Crippen molar-refractivity contribution in [1.29, 1.82) is 10.5 Å². The Morgan fingerprint density at radius 1 is 0.297 bits per heavy atom. The van der Waals surface area contributed by atoms with Gasteiger partial charge in [0.2, 0.25) is 0 Å². The average Bonchev–Trinajstić information content (AvgIpc) is 4.23. The van der Waals surface area contributed by atoms with Crippen LogP contribution in [0.2, 0.25) is 0 Å². The Morgan fingerprint density at radius 2 is 0.662 bits per heavy atom. The molecule has 0 fully saturated rings. The summed E-state index contributed by atoms with van der Waals surface area (Å²) in [7, 11) is 0. The van der Waals surface area contributed by atoms with E-state index in [0.717, 1.165) is 77.8 Å². The first kappa shape index (κ1) is 41.4. The fourth-order valence-corrected chi connectivity index (χ4v) is 12.3. The molecular formula is C68H40N6. The second-order valence-electron chi connectivity index (χ2n) is 19.0. The lowest BCUT2D eigenvalue weighted by molar-refractivity contribution is 1.27. The molecule has 0 spiro atoms. The van der Waals surface area contributed by atoms with Gasteiger partial charge in [0.15, 0.2) is 0 Å². The zero-order chi connectivity index (χ0) is 49.0. The maximum atomic E-state index is 10.4. The fraction of sp³-hybridized carbons (Fsp3) is 0. The van der Waals surface area contributed by atoms with Gasteiger partial charge in [-0.1, -0.05) is 158 Å². The number of nitrogens with zero attached hydrogens (tertiary/aromatic N) is 6. The van der Waals surface area contributed by atoms with Crippen molar-refractivity contribution in [3.8, 4) is 34.4 Å². The minimum Gasteiger partial charge on any atom is -0.309 e. The van der Waals surface area contributed by atoms with E-state index in [4.69, 9.17) is 0 Å². The van der Waals surface area contributed by atoms with Gasteiger partial charge in [-0.15, -0.1) is 0 Å². The molecule has 0 radical (unpaired) electrons. The lowest BCUT2D eigenvalue weighted by Crippen LogP contribution is -2.11. The zero-order valence-electron chi connectivity index (χ0n) is 39.8. The molecule has 74 heavy (non-hydrogen) atoms. The van der Waals surface area contributed by atoms with E-state index in [1.54, 1.807) is 0 Å². The van der Waals surface area contributed by atoms with Gasteiger partial charge in [0, 0.05) is 77.0 Å². The second kappa shape index (κ2) is 16.1. The van der Waals surface area contributed by atoms with Gasteiger partial charge < -0.3 is 18.6 Å². The van der Waals surface area contributed by atoms with Crippen LogP contribution in [0.15, 0.2) is 243 Å². The van der Waals surface area contributed by atoms with Gasteiger partial charge in [-0.3, -0.25) is 0 Å². The highest BCUT2D eigenvalue weighted by Crippen LogP contribution is 2.55. The van der Waals surface area contributed by atoms with E-state index in [1.807, 2.05) is 84.9 Å². The summed E-state index contributed by atoms with van der Waals surface area (Å²) in [6.07, 6.45) is 0. The third kappa shape index (κ3) is 5.79. The summed E-state index contributed by atoms with van der Waals surface area (Å²) in [6, 6.07) is 90.4. The summed E-state index contributed by atoms with van der Waals surface area (Å²) < 4.78 is 5.08. The molecule has 0 aliphatic carbocycles. The number of hydrogen-bond acceptors (Lipinski definition) is 4. The van der Waals surface area contributed by atoms with Crippen molar-refractivity contribution in [3.05, 3.63) is 254 Å². The standard InChI is InChI=1S/C68H40N6/c69-41-45-23-13-15-33-57(45)71(47-25-9-3-10-26-47)49-35-37-59-55(39-49)52-30-18-32-54-64-62(44-21-7-2-8-22-44)68-63(61(43-19-5-1-6-20-43)67(64)73(59)66(52)54)53-31-17-29-51-56-40-50(36-38-60(56)74(68)65(51)53)72(48-27-11-4-12-28-48)58-34-16-14-24-46(58)42-70/h1-40H. The number of fused-ring (bicyclic) bond motifs is 12. The van der Waals surface area contributed by atoms with Gasteiger partial charge in [-0.2, -0.15) is 10.5 Å². The average molecular weight is 941 g/mol. The van der Waals surface area contributed by atoms with E-state index >= 15 is 0 Å². The normalized spacial score (nSPS) is 11.8. The molecule has 11 aromatic carbocycles. The van der Waals surface area contributed by atoms with Crippen molar-refractivity contribution in [2.24, 2.45) is 0 Å². The maximum Gasteiger partial charge on any atom is 0.101 e. The number of para-hydroxylation sites is 6. The highest BCUT2D eigenvalue weighted by atomic mass is 15.2. The van der Waals surface area contributed by atoms with Crippen LogP contribution in [0.3, 0.4) is 0 Å². The van der Waals surface area contributed by atoms with Crippen molar-refractivity contribution in [3.63, 3.8) is 0 Å². The van der Waals surface area contributed by atoms with Crippen LogP contribution in [0.1, 0.15) is 11.1 Å². The minimum absolute atomic E-state index is 0.607. The molecule has 0 unspecified atom stereocenters. The molecule has 342 valence electrons. The number of nitriles is 2. The Labute approximate surface area is 425 Å². The van der Waals surface area contributed by atoms with Crippen LogP contribution in [0.4, 0.5) is 34.1 Å². The number of anilines is 6. The highest BCUT2D eigenvalue weighted by Gasteiger charge is 2.31. The van der Waals surface area contributed by atoms with Gasteiger partial charge in [-0.05, 0) is 96.1 Å². The molecule has 6 heteroatoms. The fourth-order valence-electron chi connectivity index (χ4n) is 12.3. The highest BCUT2D eigenvalue weighted by molar-refractivity contribution is 6.38. The summed E-state index contributed by atoms with van der Waals surface area (Å²) in [5.41, 5.74) is 18.4. The number of benzene rings is 11. The van der Waals surface area contributed by atoms with E-state index < -0.39 is 0 Å². The van der Waals surface area contributed by atoms with E-state index in [1.165, 1.54) is 54.7 Å². The predicted octanol–water partition coefficient (Wildman–Crippen LogP) is 18.0. The lowest BCUT2D eigenvalue weighted by atomic mass is 9.89. The maximum absolute atomic E-state index is 10.4. The monoisotopic (exact) mass is 940 g/mol. The Balaban J connectivity index is 1.08. The first-order chi connectivity index (χ1) is 36.7. The van der Waals surface area contributed by atoms with E-state index in [0.29, 0.717) is 11.1 Å². The summed E-state index contributed by atoms with van der Waals surface area (Å²) in [6.45, 7) is 0. The molecule has 0 aliphatic rings. The molecular weight excluding hydrogens is 901 g/mol. The largest absolute Gasteiger partial charge is 0.309 e. The Hall–Kier alpha value is -10.4. The smallest absolute Gasteiger partial charge is 0.101 e. The van der Waals surface area contributed by atoms with Crippen LogP contribution in [-0.2, 0) is 0 Å². The molecule has 15 aromatic rings. The number of hydrogen-bond donors (Lipinski definition) is 0. The topological polar surface area (TPSA) is 62.9 Å². The summed E-state index contributed by atoms with van der Waals surface area (Å²) in [5, 5.41) is 30.1. The summed E-state index contributed by atoms with van der Waals surface area (Å²) in [5.74, 6) is 0. The van der Waals surface area contributed by atoms with Gasteiger partial charge in [0.05, 0.1) is 55.6 Å². The second-order valence-corrected chi connectivity index (χ2v) is 19.0. The van der Waals surface area contributed by atoms with Gasteiger partial charge in [0.25, 0.3) is 0 Å². The van der Waals surface area contributed by atoms with Crippen LogP contribution >= 0.6 is 0 Å². The molecule has 0 N–H and O–H groups in total. The van der Waals surface area contributed by atoms with Crippen LogP contribution < -0.4 is 9.80 Å². The summed E-state index contributed by atoms with van der Waals surface area (Å²) in [4.78, 5) is 4.40. The van der Waals surface area contributed by atoms with Crippen LogP contribution in [0, 0.1) is 22.7 Å². The van der Waals surface area contributed by atoms with E-state index in [9.17, 15) is 10.5 Å². The number of aromatic nitrogens is 2.